The van der Waals surface area contributed by atoms with E-state index in [1.165, 1.54) is 0 Å². The second kappa shape index (κ2) is 7.76. The molecule has 0 spiro atoms. The lowest BCUT2D eigenvalue weighted by atomic mass is 10.1. The summed E-state index contributed by atoms with van der Waals surface area (Å²) in [6.07, 6.45) is 5.13. The normalized spacial score (nSPS) is 14.2. The van der Waals surface area contributed by atoms with E-state index in [0.717, 1.165) is 43.5 Å². The Hall–Kier alpha value is -2.66. The van der Waals surface area contributed by atoms with Crippen molar-refractivity contribution in [3.63, 3.8) is 0 Å². The van der Waals surface area contributed by atoms with Gasteiger partial charge in [-0.25, -0.2) is 4.98 Å². The first kappa shape index (κ1) is 18.7. The lowest BCUT2D eigenvalue weighted by Crippen LogP contribution is -2.26. The number of carbonyl (C=O) groups is 1. The summed E-state index contributed by atoms with van der Waals surface area (Å²) >= 11 is 6.21. The van der Waals surface area contributed by atoms with Crippen LogP contribution in [0.5, 0.6) is 0 Å². The third kappa shape index (κ3) is 3.67. The van der Waals surface area contributed by atoms with E-state index >= 15 is 0 Å². The summed E-state index contributed by atoms with van der Waals surface area (Å²) in [6, 6.07) is 10.5. The molecule has 0 aliphatic carbocycles. The number of anilines is 1. The van der Waals surface area contributed by atoms with E-state index in [1.54, 1.807) is 34.9 Å². The van der Waals surface area contributed by atoms with E-state index in [-0.39, 0.29) is 11.5 Å². The number of rotatable bonds is 2. The van der Waals surface area contributed by atoms with Crippen molar-refractivity contribution in [3.05, 3.63) is 68.7 Å². The Balaban J connectivity index is 1.69. The zero-order valence-electron chi connectivity index (χ0n) is 15.8. The van der Waals surface area contributed by atoms with Crippen molar-refractivity contribution < 1.29 is 4.79 Å². The lowest BCUT2D eigenvalue weighted by Gasteiger charge is -2.16. The standard InChI is InChI=1S/C22H22ClN3O2/c1-14-7-10-18(17(23)12-14)25-21(27)15-8-9-16-19(13-15)24-20-6-4-2-3-5-11-26(20)22(16)28/h7-10,12-13H,2-6,11H2,1H3,(H,25,27). The first-order valence-corrected chi connectivity index (χ1v) is 10.0. The average molecular weight is 396 g/mol. The molecular formula is C22H22ClN3O2. The van der Waals surface area contributed by atoms with Gasteiger partial charge in [0.05, 0.1) is 21.6 Å². The molecule has 0 saturated heterocycles. The van der Waals surface area contributed by atoms with Crippen LogP contribution >= 0.6 is 11.6 Å². The van der Waals surface area contributed by atoms with Crippen LogP contribution in [0.2, 0.25) is 5.02 Å². The molecular weight excluding hydrogens is 374 g/mol. The zero-order chi connectivity index (χ0) is 19.7. The maximum Gasteiger partial charge on any atom is 0.261 e. The third-order valence-corrected chi connectivity index (χ3v) is 5.51. The van der Waals surface area contributed by atoms with Gasteiger partial charge in [0.1, 0.15) is 5.82 Å². The number of hydrogen-bond donors (Lipinski definition) is 1. The molecule has 1 aliphatic rings. The molecule has 28 heavy (non-hydrogen) atoms. The fraction of sp³-hybridized carbons (Fsp3) is 0.318. The van der Waals surface area contributed by atoms with Crippen LogP contribution in [0.25, 0.3) is 10.9 Å². The van der Waals surface area contributed by atoms with E-state index in [2.05, 4.69) is 5.32 Å². The number of carbonyl (C=O) groups excluding carboxylic acids is 1. The Kier molecular flexibility index (Phi) is 5.18. The Morgan fingerprint density at radius 1 is 1.11 bits per heavy atom. The van der Waals surface area contributed by atoms with Gasteiger partial charge < -0.3 is 5.32 Å². The molecule has 0 unspecified atom stereocenters. The molecule has 1 amide bonds. The Bertz CT molecular complexity index is 1120. The summed E-state index contributed by atoms with van der Waals surface area (Å²) < 4.78 is 1.80. The minimum absolute atomic E-state index is 0.0181. The largest absolute Gasteiger partial charge is 0.321 e. The van der Waals surface area contributed by atoms with E-state index in [0.29, 0.717) is 33.7 Å². The van der Waals surface area contributed by atoms with Crippen LogP contribution in [0.15, 0.2) is 41.2 Å². The monoisotopic (exact) mass is 395 g/mol. The average Bonchev–Trinajstić information content (AvgIpc) is 2.65. The summed E-state index contributed by atoms with van der Waals surface area (Å²) in [6.45, 7) is 2.65. The van der Waals surface area contributed by atoms with Gasteiger partial charge >= 0.3 is 0 Å². The number of amides is 1. The van der Waals surface area contributed by atoms with Gasteiger partial charge in [-0.2, -0.15) is 0 Å². The Morgan fingerprint density at radius 2 is 1.93 bits per heavy atom. The first-order valence-electron chi connectivity index (χ1n) is 9.64. The molecule has 3 aromatic rings. The summed E-state index contributed by atoms with van der Waals surface area (Å²) in [4.78, 5) is 30.3. The van der Waals surface area contributed by atoms with Crippen molar-refractivity contribution in [2.24, 2.45) is 0 Å². The van der Waals surface area contributed by atoms with Crippen molar-refractivity contribution in [3.8, 4) is 0 Å². The van der Waals surface area contributed by atoms with Gasteiger partial charge in [0.2, 0.25) is 0 Å². The Labute approximate surface area is 168 Å². The molecule has 1 aliphatic heterocycles. The van der Waals surface area contributed by atoms with Gasteiger partial charge in [-0.3, -0.25) is 14.2 Å². The number of nitrogens with one attached hydrogen (secondary N) is 1. The van der Waals surface area contributed by atoms with Crippen molar-refractivity contribution in [2.45, 2.75) is 45.6 Å². The van der Waals surface area contributed by atoms with Crippen LogP contribution in [0, 0.1) is 6.92 Å². The van der Waals surface area contributed by atoms with Crippen molar-refractivity contribution in [1.29, 1.82) is 0 Å². The van der Waals surface area contributed by atoms with E-state index < -0.39 is 0 Å². The van der Waals surface area contributed by atoms with E-state index in [9.17, 15) is 9.59 Å². The second-order valence-electron chi connectivity index (χ2n) is 7.32. The molecule has 2 aromatic carbocycles. The van der Waals surface area contributed by atoms with Crippen molar-refractivity contribution in [2.75, 3.05) is 5.32 Å². The number of hydrogen-bond acceptors (Lipinski definition) is 3. The molecule has 1 aromatic heterocycles. The molecule has 2 heterocycles. The van der Waals surface area contributed by atoms with Crippen LogP contribution in [0.4, 0.5) is 5.69 Å². The molecule has 5 nitrogen and oxygen atoms in total. The minimum atomic E-state index is -0.277. The van der Waals surface area contributed by atoms with Crippen LogP contribution < -0.4 is 10.9 Å². The second-order valence-corrected chi connectivity index (χ2v) is 7.73. The predicted molar refractivity (Wildman–Crippen MR) is 112 cm³/mol. The number of halogens is 1. The lowest BCUT2D eigenvalue weighted by molar-refractivity contribution is 0.102. The zero-order valence-corrected chi connectivity index (χ0v) is 16.6. The number of aromatic nitrogens is 2. The molecule has 0 saturated carbocycles. The fourth-order valence-corrected chi connectivity index (χ4v) is 3.93. The highest BCUT2D eigenvalue weighted by Gasteiger charge is 2.15. The highest BCUT2D eigenvalue weighted by Crippen LogP contribution is 2.24. The van der Waals surface area contributed by atoms with Crippen LogP contribution in [-0.4, -0.2) is 15.5 Å². The number of aryl methyl sites for hydroxylation is 2. The highest BCUT2D eigenvalue weighted by atomic mass is 35.5. The van der Waals surface area contributed by atoms with Crippen LogP contribution in [0.1, 0.15) is 47.4 Å². The summed E-state index contributed by atoms with van der Waals surface area (Å²) in [5, 5.41) is 3.87. The molecule has 0 radical (unpaired) electrons. The maximum atomic E-state index is 12.9. The molecule has 0 atom stereocenters. The maximum absolute atomic E-state index is 12.9. The number of nitrogens with zero attached hydrogens (tertiary/aromatic N) is 2. The molecule has 0 bridgehead atoms. The molecule has 0 fully saturated rings. The van der Waals surface area contributed by atoms with Crippen molar-refractivity contribution >= 4 is 34.1 Å². The minimum Gasteiger partial charge on any atom is -0.321 e. The van der Waals surface area contributed by atoms with Gasteiger partial charge in [0.25, 0.3) is 11.5 Å². The van der Waals surface area contributed by atoms with Gasteiger partial charge in [0.15, 0.2) is 0 Å². The summed E-state index contributed by atoms with van der Waals surface area (Å²) in [5.41, 5.74) is 2.58. The fourth-order valence-electron chi connectivity index (χ4n) is 3.65. The Morgan fingerprint density at radius 3 is 2.75 bits per heavy atom. The molecule has 1 N–H and O–H groups in total. The van der Waals surface area contributed by atoms with Crippen LogP contribution in [-0.2, 0) is 13.0 Å². The van der Waals surface area contributed by atoms with Gasteiger partial charge in [-0.15, -0.1) is 0 Å². The highest BCUT2D eigenvalue weighted by molar-refractivity contribution is 6.34. The first-order chi connectivity index (χ1) is 13.5. The van der Waals surface area contributed by atoms with E-state index in [4.69, 9.17) is 16.6 Å². The molecule has 144 valence electrons. The van der Waals surface area contributed by atoms with Gasteiger partial charge in [0, 0.05) is 18.5 Å². The molecule has 6 heteroatoms. The smallest absolute Gasteiger partial charge is 0.261 e. The topological polar surface area (TPSA) is 64.0 Å². The SMILES string of the molecule is Cc1ccc(NC(=O)c2ccc3c(=O)n4c(nc3c2)CCCCCC4)c(Cl)c1. The van der Waals surface area contributed by atoms with E-state index in [1.807, 2.05) is 13.0 Å². The summed E-state index contributed by atoms with van der Waals surface area (Å²) in [7, 11) is 0. The van der Waals surface area contributed by atoms with Gasteiger partial charge in [-0.1, -0.05) is 30.5 Å². The van der Waals surface area contributed by atoms with Gasteiger partial charge in [-0.05, 0) is 55.7 Å². The van der Waals surface area contributed by atoms with Crippen molar-refractivity contribution in [1.82, 2.24) is 9.55 Å². The quantitative estimate of drug-likeness (QED) is 0.682. The number of benzene rings is 2. The predicted octanol–water partition coefficient (Wildman–Crippen LogP) is 4.73. The number of fused-ring (bicyclic) bond motifs is 2. The van der Waals surface area contributed by atoms with Crippen LogP contribution in [0.3, 0.4) is 0 Å². The third-order valence-electron chi connectivity index (χ3n) is 5.20. The molecule has 4 rings (SSSR count). The summed E-state index contributed by atoms with van der Waals surface area (Å²) in [5.74, 6) is 0.539.